The van der Waals surface area contributed by atoms with E-state index in [1.165, 1.54) is 0 Å². The first-order chi connectivity index (χ1) is 12.1. The van der Waals surface area contributed by atoms with E-state index >= 15 is 0 Å². The maximum Gasteiger partial charge on any atom is 0.269 e. The molecule has 0 saturated carbocycles. The molecule has 0 aliphatic carbocycles. The van der Waals surface area contributed by atoms with Gasteiger partial charge in [-0.2, -0.15) is 0 Å². The molecule has 0 unspecified atom stereocenters. The van der Waals surface area contributed by atoms with Gasteiger partial charge in [-0.15, -0.1) is 0 Å². The predicted molar refractivity (Wildman–Crippen MR) is 95.6 cm³/mol. The molecule has 1 aromatic heterocycles. The van der Waals surface area contributed by atoms with Gasteiger partial charge in [-0.05, 0) is 51.3 Å². The Labute approximate surface area is 147 Å². The van der Waals surface area contributed by atoms with Gasteiger partial charge >= 0.3 is 0 Å². The van der Waals surface area contributed by atoms with Crippen LogP contribution in [-0.4, -0.2) is 49.8 Å². The number of pyridine rings is 1. The number of benzene rings is 1. The van der Waals surface area contributed by atoms with Crippen LogP contribution in [-0.2, 0) is 0 Å². The number of carbonyl (C=O) groups is 1. The number of aromatic nitrogens is 1. The number of rotatable bonds is 7. The van der Waals surface area contributed by atoms with Crippen LogP contribution in [0.5, 0.6) is 11.5 Å². The number of anilines is 2. The number of hydrogen-bond donors (Lipinski definition) is 2. The van der Waals surface area contributed by atoms with Gasteiger partial charge in [0.05, 0.1) is 11.9 Å². The highest BCUT2D eigenvalue weighted by Crippen LogP contribution is 2.34. The first kappa shape index (κ1) is 17.0. The Hall–Kier alpha value is -2.80. The van der Waals surface area contributed by atoms with Crippen LogP contribution >= 0.6 is 0 Å². The number of nitrogens with zero attached hydrogens (tertiary/aromatic N) is 2. The normalized spacial score (nSPS) is 12.3. The second-order valence-electron chi connectivity index (χ2n) is 6.04. The van der Waals surface area contributed by atoms with Crippen molar-refractivity contribution in [3.05, 3.63) is 42.2 Å². The van der Waals surface area contributed by atoms with E-state index in [2.05, 4.69) is 20.5 Å². The van der Waals surface area contributed by atoms with E-state index in [-0.39, 0.29) is 12.7 Å². The van der Waals surface area contributed by atoms with Crippen LogP contribution in [0.25, 0.3) is 0 Å². The lowest BCUT2D eigenvalue weighted by molar-refractivity contribution is 0.0947. The summed E-state index contributed by atoms with van der Waals surface area (Å²) in [4.78, 5) is 18.4. The molecule has 132 valence electrons. The summed E-state index contributed by atoms with van der Waals surface area (Å²) in [5.41, 5.74) is 2.07. The molecule has 0 radical (unpaired) electrons. The molecule has 1 aliphatic heterocycles. The van der Waals surface area contributed by atoms with Gasteiger partial charge in [0.1, 0.15) is 5.69 Å². The molecule has 3 rings (SSSR count). The van der Waals surface area contributed by atoms with Crippen molar-refractivity contribution < 1.29 is 14.3 Å². The summed E-state index contributed by atoms with van der Waals surface area (Å²) in [7, 11) is 4.02. The Bertz CT molecular complexity index is 732. The highest BCUT2D eigenvalue weighted by Gasteiger charge is 2.13. The van der Waals surface area contributed by atoms with E-state index in [1.54, 1.807) is 12.3 Å². The van der Waals surface area contributed by atoms with Gasteiger partial charge in [-0.1, -0.05) is 0 Å². The molecule has 1 aliphatic rings. The second-order valence-corrected chi connectivity index (χ2v) is 6.04. The number of hydrogen-bond acceptors (Lipinski definition) is 6. The zero-order chi connectivity index (χ0) is 17.6. The lowest BCUT2D eigenvalue weighted by Gasteiger charge is -2.10. The molecule has 2 aromatic rings. The average molecular weight is 342 g/mol. The van der Waals surface area contributed by atoms with Crippen LogP contribution in [0.1, 0.15) is 16.9 Å². The minimum absolute atomic E-state index is 0.159. The summed E-state index contributed by atoms with van der Waals surface area (Å²) in [5, 5.41) is 6.10. The third-order valence-corrected chi connectivity index (χ3v) is 3.73. The summed E-state index contributed by atoms with van der Waals surface area (Å²) in [6.45, 7) is 1.82. The Morgan fingerprint density at radius 3 is 2.72 bits per heavy atom. The van der Waals surface area contributed by atoms with E-state index in [1.807, 2.05) is 38.4 Å². The maximum atomic E-state index is 12.0. The van der Waals surface area contributed by atoms with Crippen LogP contribution < -0.4 is 20.1 Å². The standard InChI is InChI=1S/C18H22N4O3/c1-22(2)9-3-8-19-18(23)15-6-4-14(11-20-15)21-13-5-7-16-17(10-13)25-12-24-16/h4-7,10-11,21H,3,8-9,12H2,1-2H3,(H,19,23). The zero-order valence-electron chi connectivity index (χ0n) is 14.4. The van der Waals surface area contributed by atoms with E-state index in [0.29, 0.717) is 18.0 Å². The van der Waals surface area contributed by atoms with Gasteiger partial charge in [-0.3, -0.25) is 4.79 Å². The maximum absolute atomic E-state index is 12.0. The molecule has 0 saturated heterocycles. The average Bonchev–Trinajstić information content (AvgIpc) is 3.07. The van der Waals surface area contributed by atoms with E-state index < -0.39 is 0 Å². The summed E-state index contributed by atoms with van der Waals surface area (Å²) >= 11 is 0. The number of amides is 1. The molecular formula is C18H22N4O3. The van der Waals surface area contributed by atoms with Crippen LogP contribution in [0.3, 0.4) is 0 Å². The van der Waals surface area contributed by atoms with Crippen molar-refractivity contribution in [1.82, 2.24) is 15.2 Å². The van der Waals surface area contributed by atoms with Crippen molar-refractivity contribution >= 4 is 17.3 Å². The number of ether oxygens (including phenoxy) is 2. The number of nitrogens with one attached hydrogen (secondary N) is 2. The van der Waals surface area contributed by atoms with Gasteiger partial charge in [0.25, 0.3) is 5.91 Å². The summed E-state index contributed by atoms with van der Waals surface area (Å²) in [6.07, 6.45) is 2.54. The van der Waals surface area contributed by atoms with Crippen molar-refractivity contribution in [1.29, 1.82) is 0 Å². The fourth-order valence-corrected chi connectivity index (χ4v) is 2.43. The van der Waals surface area contributed by atoms with Gasteiger partial charge < -0.3 is 25.0 Å². The highest BCUT2D eigenvalue weighted by molar-refractivity contribution is 5.92. The third kappa shape index (κ3) is 4.60. The van der Waals surface area contributed by atoms with Crippen molar-refractivity contribution in [2.24, 2.45) is 0 Å². The first-order valence-corrected chi connectivity index (χ1v) is 8.17. The van der Waals surface area contributed by atoms with Gasteiger partial charge in [0.15, 0.2) is 11.5 Å². The van der Waals surface area contributed by atoms with Crippen molar-refractivity contribution in [2.45, 2.75) is 6.42 Å². The molecule has 0 fully saturated rings. The lowest BCUT2D eigenvalue weighted by Crippen LogP contribution is -2.27. The molecular weight excluding hydrogens is 320 g/mol. The van der Waals surface area contributed by atoms with Crippen molar-refractivity contribution in [3.8, 4) is 11.5 Å². The van der Waals surface area contributed by atoms with Crippen LogP contribution in [0.15, 0.2) is 36.5 Å². The smallest absolute Gasteiger partial charge is 0.269 e. The molecule has 7 nitrogen and oxygen atoms in total. The minimum Gasteiger partial charge on any atom is -0.454 e. The minimum atomic E-state index is -0.159. The Balaban J connectivity index is 1.54. The van der Waals surface area contributed by atoms with Crippen LogP contribution in [0.2, 0.25) is 0 Å². The predicted octanol–water partition coefficient (Wildman–Crippen LogP) is 2.24. The third-order valence-electron chi connectivity index (χ3n) is 3.73. The Morgan fingerprint density at radius 1 is 1.16 bits per heavy atom. The van der Waals surface area contributed by atoms with Crippen LogP contribution in [0.4, 0.5) is 11.4 Å². The lowest BCUT2D eigenvalue weighted by atomic mass is 10.2. The summed E-state index contributed by atoms with van der Waals surface area (Å²) < 4.78 is 10.6. The molecule has 0 bridgehead atoms. The topological polar surface area (TPSA) is 75.7 Å². The van der Waals surface area contributed by atoms with Crippen molar-refractivity contribution in [2.75, 3.05) is 39.3 Å². The Kier molecular flexibility index (Phi) is 5.35. The monoisotopic (exact) mass is 342 g/mol. The fraction of sp³-hybridized carbons (Fsp3) is 0.333. The van der Waals surface area contributed by atoms with E-state index in [9.17, 15) is 4.79 Å². The SMILES string of the molecule is CN(C)CCCNC(=O)c1ccc(Nc2ccc3c(c2)OCO3)cn1. The molecule has 0 atom stereocenters. The van der Waals surface area contributed by atoms with Crippen molar-refractivity contribution in [3.63, 3.8) is 0 Å². The fourth-order valence-electron chi connectivity index (χ4n) is 2.43. The molecule has 2 heterocycles. The van der Waals surface area contributed by atoms with Gasteiger partial charge in [-0.25, -0.2) is 4.98 Å². The van der Waals surface area contributed by atoms with E-state index in [0.717, 1.165) is 30.1 Å². The molecule has 1 amide bonds. The first-order valence-electron chi connectivity index (χ1n) is 8.17. The summed E-state index contributed by atoms with van der Waals surface area (Å²) in [6, 6.07) is 9.16. The van der Waals surface area contributed by atoms with Gasteiger partial charge in [0, 0.05) is 18.3 Å². The molecule has 1 aromatic carbocycles. The summed E-state index contributed by atoms with van der Waals surface area (Å²) in [5.74, 6) is 1.30. The highest BCUT2D eigenvalue weighted by atomic mass is 16.7. The molecule has 25 heavy (non-hydrogen) atoms. The number of carbonyl (C=O) groups excluding carboxylic acids is 1. The number of fused-ring (bicyclic) bond motifs is 1. The quantitative estimate of drug-likeness (QED) is 0.752. The van der Waals surface area contributed by atoms with Gasteiger partial charge in [0.2, 0.25) is 6.79 Å². The second kappa shape index (κ2) is 7.85. The van der Waals surface area contributed by atoms with Crippen LogP contribution in [0, 0.1) is 0 Å². The van der Waals surface area contributed by atoms with E-state index in [4.69, 9.17) is 9.47 Å². The zero-order valence-corrected chi connectivity index (χ0v) is 14.4. The molecule has 7 heteroatoms. The molecule has 2 N–H and O–H groups in total. The molecule has 0 spiro atoms. The Morgan fingerprint density at radius 2 is 1.96 bits per heavy atom. The largest absolute Gasteiger partial charge is 0.454 e.